The van der Waals surface area contributed by atoms with Gasteiger partial charge >= 0.3 is 0 Å². The van der Waals surface area contributed by atoms with Crippen LogP contribution >= 0.6 is 11.3 Å². The molecule has 0 aliphatic heterocycles. The summed E-state index contributed by atoms with van der Waals surface area (Å²) in [6.07, 6.45) is 4.19. The summed E-state index contributed by atoms with van der Waals surface area (Å²) in [6.45, 7) is 2.87. The van der Waals surface area contributed by atoms with E-state index in [0.29, 0.717) is 5.69 Å². The molecule has 2 heterocycles. The van der Waals surface area contributed by atoms with E-state index in [1.165, 1.54) is 10.4 Å². The maximum atomic E-state index is 10.4. The van der Waals surface area contributed by atoms with E-state index < -0.39 is 0 Å². The lowest BCUT2D eigenvalue weighted by Gasteiger charge is -1.97. The molecule has 14 heavy (non-hydrogen) atoms. The molecule has 2 rings (SSSR count). The smallest absolute Gasteiger partial charge is 0.169 e. The topological polar surface area (TPSA) is 34.9 Å². The van der Waals surface area contributed by atoms with Crippen LogP contribution in [0.4, 0.5) is 0 Å². The third-order valence-corrected chi connectivity index (χ3v) is 2.83. The lowest BCUT2D eigenvalue weighted by atomic mass is 10.3. The number of rotatable bonds is 3. The number of aryl methyl sites for hydroxylation is 1. The van der Waals surface area contributed by atoms with Crippen molar-refractivity contribution < 1.29 is 4.79 Å². The van der Waals surface area contributed by atoms with Crippen LogP contribution in [0.3, 0.4) is 0 Å². The predicted octanol–water partition coefficient (Wildman–Crippen LogP) is 2.11. The molecule has 0 saturated carbocycles. The van der Waals surface area contributed by atoms with Crippen LogP contribution in [0.2, 0.25) is 0 Å². The molecule has 0 radical (unpaired) electrons. The van der Waals surface area contributed by atoms with E-state index >= 15 is 0 Å². The summed E-state index contributed by atoms with van der Waals surface area (Å²) in [5, 5.41) is 2.12. The number of aldehydes is 1. The highest BCUT2D eigenvalue weighted by Gasteiger charge is 1.99. The normalized spacial score (nSPS) is 10.4. The van der Waals surface area contributed by atoms with Crippen molar-refractivity contribution in [3.05, 3.63) is 40.1 Å². The van der Waals surface area contributed by atoms with Gasteiger partial charge in [0.15, 0.2) is 6.29 Å². The molecular weight excluding hydrogens is 196 g/mol. The van der Waals surface area contributed by atoms with Crippen molar-refractivity contribution in [1.82, 2.24) is 9.55 Å². The van der Waals surface area contributed by atoms with Gasteiger partial charge in [-0.3, -0.25) is 4.79 Å². The van der Waals surface area contributed by atoms with Gasteiger partial charge in [0.05, 0.1) is 6.33 Å². The second-order valence-electron chi connectivity index (χ2n) is 3.15. The minimum atomic E-state index is 0.483. The minimum Gasteiger partial charge on any atom is -0.332 e. The van der Waals surface area contributed by atoms with Crippen molar-refractivity contribution >= 4 is 17.6 Å². The van der Waals surface area contributed by atoms with E-state index in [1.54, 1.807) is 23.9 Å². The fourth-order valence-corrected chi connectivity index (χ4v) is 2.02. The zero-order chi connectivity index (χ0) is 9.97. The molecule has 0 saturated heterocycles. The van der Waals surface area contributed by atoms with Crippen molar-refractivity contribution in [2.75, 3.05) is 0 Å². The van der Waals surface area contributed by atoms with Crippen LogP contribution in [0.15, 0.2) is 24.0 Å². The molecule has 0 spiro atoms. The Labute approximate surface area is 86.0 Å². The fraction of sp³-hybridized carbons (Fsp3) is 0.200. The second kappa shape index (κ2) is 3.75. The van der Waals surface area contributed by atoms with Gasteiger partial charge in [-0.25, -0.2) is 4.98 Å². The number of carbonyl (C=O) groups excluding carboxylic acids is 1. The summed E-state index contributed by atoms with van der Waals surface area (Å²) in [7, 11) is 0. The van der Waals surface area contributed by atoms with Gasteiger partial charge in [-0.15, -0.1) is 11.3 Å². The summed E-state index contributed by atoms with van der Waals surface area (Å²) in [6, 6.07) is 2.14. The Morgan fingerprint density at radius 1 is 1.64 bits per heavy atom. The van der Waals surface area contributed by atoms with Gasteiger partial charge in [0, 0.05) is 17.6 Å². The minimum absolute atomic E-state index is 0.483. The summed E-state index contributed by atoms with van der Waals surface area (Å²) in [5.74, 6) is 0. The first-order valence-corrected chi connectivity index (χ1v) is 5.17. The van der Waals surface area contributed by atoms with Crippen molar-refractivity contribution in [2.45, 2.75) is 13.5 Å². The van der Waals surface area contributed by atoms with Gasteiger partial charge in [-0.2, -0.15) is 0 Å². The van der Waals surface area contributed by atoms with Gasteiger partial charge < -0.3 is 4.57 Å². The number of nitrogens with zero attached hydrogens (tertiary/aromatic N) is 2. The van der Waals surface area contributed by atoms with Crippen molar-refractivity contribution in [1.29, 1.82) is 0 Å². The molecule has 2 aromatic rings. The summed E-state index contributed by atoms with van der Waals surface area (Å²) >= 11 is 1.73. The van der Waals surface area contributed by atoms with Gasteiger partial charge in [0.25, 0.3) is 0 Å². The summed E-state index contributed by atoms with van der Waals surface area (Å²) in [4.78, 5) is 15.6. The SMILES string of the molecule is Cc1cc(Cn2cnc(C=O)c2)cs1. The molecule has 0 aromatic carbocycles. The van der Waals surface area contributed by atoms with E-state index in [9.17, 15) is 4.79 Å². The Bertz CT molecular complexity index is 444. The first kappa shape index (κ1) is 9.15. The van der Waals surface area contributed by atoms with Crippen LogP contribution in [0.1, 0.15) is 20.9 Å². The lowest BCUT2D eigenvalue weighted by molar-refractivity contribution is 0.111. The fourth-order valence-electron chi connectivity index (χ4n) is 1.32. The lowest BCUT2D eigenvalue weighted by Crippen LogP contribution is -1.94. The quantitative estimate of drug-likeness (QED) is 0.721. The molecule has 4 heteroatoms. The Hall–Kier alpha value is -1.42. The summed E-state index contributed by atoms with van der Waals surface area (Å²) < 4.78 is 1.91. The van der Waals surface area contributed by atoms with Crippen molar-refractivity contribution in [3.63, 3.8) is 0 Å². The van der Waals surface area contributed by atoms with Crippen LogP contribution in [0.5, 0.6) is 0 Å². The molecule has 0 bridgehead atoms. The predicted molar refractivity (Wildman–Crippen MR) is 55.8 cm³/mol. The molecule has 0 aliphatic carbocycles. The second-order valence-corrected chi connectivity index (χ2v) is 4.27. The monoisotopic (exact) mass is 206 g/mol. The number of imidazole rings is 1. The molecule has 0 unspecified atom stereocenters. The highest BCUT2D eigenvalue weighted by atomic mass is 32.1. The van der Waals surface area contributed by atoms with Crippen LogP contribution in [0, 0.1) is 6.92 Å². The number of aromatic nitrogens is 2. The van der Waals surface area contributed by atoms with E-state index in [-0.39, 0.29) is 0 Å². The van der Waals surface area contributed by atoms with E-state index in [1.807, 2.05) is 4.57 Å². The number of hydrogen-bond donors (Lipinski definition) is 0. The van der Waals surface area contributed by atoms with E-state index in [0.717, 1.165) is 12.8 Å². The highest BCUT2D eigenvalue weighted by Crippen LogP contribution is 2.14. The number of thiophene rings is 1. The van der Waals surface area contributed by atoms with Gasteiger partial charge in [-0.1, -0.05) is 0 Å². The van der Waals surface area contributed by atoms with Crippen LogP contribution in [0.25, 0.3) is 0 Å². The van der Waals surface area contributed by atoms with Gasteiger partial charge in [-0.05, 0) is 23.9 Å². The Kier molecular flexibility index (Phi) is 2.45. The van der Waals surface area contributed by atoms with Gasteiger partial charge in [0.1, 0.15) is 5.69 Å². The zero-order valence-electron chi connectivity index (χ0n) is 7.80. The third-order valence-electron chi connectivity index (χ3n) is 1.92. The molecular formula is C10H10N2OS. The molecule has 72 valence electrons. The first-order chi connectivity index (χ1) is 6.78. The van der Waals surface area contributed by atoms with Crippen molar-refractivity contribution in [3.8, 4) is 0 Å². The third kappa shape index (κ3) is 1.90. The standard InChI is InChI=1S/C10H10N2OS/c1-8-2-9(6-14-8)3-12-4-10(5-13)11-7-12/h2,4-7H,3H2,1H3. The maximum absolute atomic E-state index is 10.4. The Morgan fingerprint density at radius 2 is 2.50 bits per heavy atom. The maximum Gasteiger partial charge on any atom is 0.169 e. The first-order valence-electron chi connectivity index (χ1n) is 4.29. The number of carbonyl (C=O) groups is 1. The molecule has 0 amide bonds. The largest absolute Gasteiger partial charge is 0.332 e. The molecule has 2 aromatic heterocycles. The molecule has 0 atom stereocenters. The molecule has 0 fully saturated rings. The zero-order valence-corrected chi connectivity index (χ0v) is 8.62. The van der Waals surface area contributed by atoms with E-state index in [2.05, 4.69) is 23.4 Å². The van der Waals surface area contributed by atoms with Crippen molar-refractivity contribution in [2.24, 2.45) is 0 Å². The van der Waals surface area contributed by atoms with Crippen LogP contribution in [-0.2, 0) is 6.54 Å². The van der Waals surface area contributed by atoms with Gasteiger partial charge in [0.2, 0.25) is 0 Å². The van der Waals surface area contributed by atoms with Crippen LogP contribution < -0.4 is 0 Å². The van der Waals surface area contributed by atoms with Crippen LogP contribution in [-0.4, -0.2) is 15.8 Å². The molecule has 3 nitrogen and oxygen atoms in total. The molecule has 0 aliphatic rings. The average molecular weight is 206 g/mol. The summed E-state index contributed by atoms with van der Waals surface area (Å²) in [5.41, 5.74) is 1.74. The highest BCUT2D eigenvalue weighted by molar-refractivity contribution is 7.10. The Morgan fingerprint density at radius 3 is 3.07 bits per heavy atom. The molecule has 0 N–H and O–H groups in total. The average Bonchev–Trinajstić information content (AvgIpc) is 2.76. The number of hydrogen-bond acceptors (Lipinski definition) is 3. The van der Waals surface area contributed by atoms with E-state index in [4.69, 9.17) is 0 Å². The Balaban J connectivity index is 2.14.